The van der Waals surface area contributed by atoms with Crippen LogP contribution in [0.25, 0.3) is 83.4 Å². The van der Waals surface area contributed by atoms with Gasteiger partial charge < -0.3 is 13.9 Å². The number of hydrogen-bond donors (Lipinski definition) is 0. The molecule has 5 nitrogen and oxygen atoms in total. The van der Waals surface area contributed by atoms with E-state index in [2.05, 4.69) is 18.5 Å². The third-order valence-corrected chi connectivity index (χ3v) is 10.7. The van der Waals surface area contributed by atoms with E-state index in [1.807, 2.05) is 66.9 Å². The molecule has 64 heavy (non-hydrogen) atoms. The van der Waals surface area contributed by atoms with E-state index in [0.717, 1.165) is 21.9 Å². The van der Waals surface area contributed by atoms with Crippen LogP contribution in [0.5, 0.6) is 11.5 Å². The molecular formula is C58H42N4OPt-2. The Morgan fingerprint density at radius 3 is 1.92 bits per heavy atom. The Morgan fingerprint density at radius 1 is 0.625 bits per heavy atom. The summed E-state index contributed by atoms with van der Waals surface area (Å²) < 4.78 is 141. The van der Waals surface area contributed by atoms with Crippen LogP contribution in [0.3, 0.4) is 0 Å². The standard InChI is InChI=1S/C58H42N4O.Pt/c1-40(2)34-44-35-57(59-38-52(44)43-22-10-5-11-23-43)62-53-29-13-12-26-50(53)51-33-32-47(37-56(51)62)63-46-25-16-24-45(36-46)60-39-61(55-31-15-14-30-54(55)60)58-48(41-18-6-3-7-19-41)27-17-28-49(58)42-20-8-4-9-21-42;/h3-33,35,38,40H,34H2,1-2H3;/q-2;/i3D,4D,5D,6D,7D,8D,9D,10D,11D,18D,19D,20D,21D,22D,23D;. The Kier molecular flexibility index (Phi) is 7.35. The quantitative estimate of drug-likeness (QED) is 0.101. The molecular weight excluding hydrogens is 964 g/mol. The molecule has 11 aromatic rings. The fraction of sp³-hybridized carbons (Fsp3) is 0.0690. The minimum atomic E-state index is -0.596. The summed E-state index contributed by atoms with van der Waals surface area (Å²) in [5, 5.41) is 1.76. The Bertz CT molecular complexity index is 4170. The topological polar surface area (TPSA) is 35.9 Å². The van der Waals surface area contributed by atoms with Gasteiger partial charge >= 0.3 is 0 Å². The van der Waals surface area contributed by atoms with E-state index in [9.17, 15) is 0 Å². The molecule has 8 aromatic carbocycles. The summed E-state index contributed by atoms with van der Waals surface area (Å²) in [6, 6.07) is 29.9. The van der Waals surface area contributed by atoms with Gasteiger partial charge in [-0.1, -0.05) is 171 Å². The number of pyridine rings is 1. The van der Waals surface area contributed by atoms with Gasteiger partial charge in [0.2, 0.25) is 0 Å². The van der Waals surface area contributed by atoms with Crippen molar-refractivity contribution in [2.24, 2.45) is 5.92 Å². The molecule has 11 rings (SSSR count). The Balaban J connectivity index is 0.00000704. The fourth-order valence-electron chi connectivity index (χ4n) is 8.10. The van der Waals surface area contributed by atoms with Crippen LogP contribution in [0.4, 0.5) is 0 Å². The molecule has 0 aliphatic carbocycles. The molecule has 3 aromatic heterocycles. The number of imidazole rings is 1. The van der Waals surface area contributed by atoms with Gasteiger partial charge in [0.25, 0.3) is 6.33 Å². The summed E-state index contributed by atoms with van der Waals surface area (Å²) in [5.74, 6) is 1.25. The maximum absolute atomic E-state index is 9.02. The molecule has 0 saturated heterocycles. The van der Waals surface area contributed by atoms with Crippen LogP contribution in [0.15, 0.2) is 200 Å². The first kappa shape index (κ1) is 27.0. The van der Waals surface area contributed by atoms with Crippen molar-refractivity contribution in [3.63, 3.8) is 0 Å². The summed E-state index contributed by atoms with van der Waals surface area (Å²) in [4.78, 5) is 4.89. The fourth-order valence-corrected chi connectivity index (χ4v) is 8.10. The molecule has 0 spiro atoms. The first-order chi connectivity index (χ1) is 37.3. The average Bonchev–Trinajstić information content (AvgIpc) is 4.13. The zero-order chi connectivity index (χ0) is 55.3. The van der Waals surface area contributed by atoms with Gasteiger partial charge in [0.05, 0.1) is 37.3 Å². The smallest absolute Gasteiger partial charge is 0.268 e. The minimum absolute atomic E-state index is 0. The molecule has 3 heterocycles. The number of hydrogen-bond acceptors (Lipinski definition) is 2. The predicted octanol–water partition coefficient (Wildman–Crippen LogP) is 13.8. The van der Waals surface area contributed by atoms with Crippen LogP contribution in [-0.4, -0.2) is 14.1 Å². The Morgan fingerprint density at radius 2 is 1.23 bits per heavy atom. The number of nitrogens with zero attached hydrogens (tertiary/aromatic N) is 4. The van der Waals surface area contributed by atoms with Gasteiger partial charge in [-0.05, 0) is 68.9 Å². The third-order valence-electron chi connectivity index (χ3n) is 10.7. The molecule has 0 aliphatic rings. The average molecular weight is 1020 g/mol. The largest absolute Gasteiger partial charge is 0.510 e. The van der Waals surface area contributed by atoms with Gasteiger partial charge in [-0.15, -0.1) is 29.7 Å². The number of aromatic nitrogens is 4. The van der Waals surface area contributed by atoms with Crippen molar-refractivity contribution in [3.05, 3.63) is 224 Å². The van der Waals surface area contributed by atoms with E-state index >= 15 is 0 Å². The van der Waals surface area contributed by atoms with Crippen LogP contribution in [0, 0.1) is 24.4 Å². The molecule has 312 valence electrons. The van der Waals surface area contributed by atoms with Crippen molar-refractivity contribution in [1.82, 2.24) is 14.1 Å². The van der Waals surface area contributed by atoms with E-state index in [-0.39, 0.29) is 78.3 Å². The van der Waals surface area contributed by atoms with Gasteiger partial charge in [-0.3, -0.25) is 4.57 Å². The van der Waals surface area contributed by atoms with Gasteiger partial charge in [-0.2, -0.15) is 18.2 Å². The van der Waals surface area contributed by atoms with Gasteiger partial charge in [-0.25, -0.2) is 4.98 Å². The monoisotopic (exact) mass is 1020 g/mol. The van der Waals surface area contributed by atoms with Crippen molar-refractivity contribution in [2.45, 2.75) is 20.3 Å². The molecule has 0 fully saturated rings. The number of fused-ring (bicyclic) bond motifs is 4. The summed E-state index contributed by atoms with van der Waals surface area (Å²) in [5.41, 5.74) is 4.21. The van der Waals surface area contributed by atoms with Crippen molar-refractivity contribution in [1.29, 1.82) is 0 Å². The number of para-hydroxylation sites is 4. The number of rotatable bonds is 10. The third kappa shape index (κ3) is 7.52. The summed E-state index contributed by atoms with van der Waals surface area (Å²) in [7, 11) is 0. The van der Waals surface area contributed by atoms with Gasteiger partial charge in [0, 0.05) is 49.8 Å². The van der Waals surface area contributed by atoms with E-state index in [1.54, 1.807) is 69.9 Å². The summed E-state index contributed by atoms with van der Waals surface area (Å²) in [6.07, 6.45) is 5.47. The van der Waals surface area contributed by atoms with E-state index in [1.165, 1.54) is 0 Å². The van der Waals surface area contributed by atoms with E-state index in [4.69, 9.17) is 30.3 Å². The van der Waals surface area contributed by atoms with Gasteiger partial charge in [0.1, 0.15) is 5.82 Å². The molecule has 0 unspecified atom stereocenters. The molecule has 0 bridgehead atoms. The molecule has 0 radical (unpaired) electrons. The summed E-state index contributed by atoms with van der Waals surface area (Å²) in [6.45, 7) is 4.09. The second-order valence-electron chi connectivity index (χ2n) is 15.2. The summed E-state index contributed by atoms with van der Waals surface area (Å²) >= 11 is 0. The first-order valence-electron chi connectivity index (χ1n) is 27.7. The van der Waals surface area contributed by atoms with Crippen molar-refractivity contribution in [3.8, 4) is 62.1 Å². The molecule has 0 saturated carbocycles. The first-order valence-corrected chi connectivity index (χ1v) is 20.2. The van der Waals surface area contributed by atoms with E-state index < -0.39 is 78.6 Å². The normalized spacial score (nSPS) is 14.6. The van der Waals surface area contributed by atoms with Crippen LogP contribution in [0.2, 0.25) is 0 Å². The molecule has 0 amide bonds. The molecule has 0 N–H and O–H groups in total. The maximum atomic E-state index is 9.02. The van der Waals surface area contributed by atoms with Crippen LogP contribution < -0.4 is 9.30 Å². The number of benzene rings is 8. The SMILES string of the molecule is [2H]c1c([2H])c([2H])c(-c2cnc(-n3c4[c-]c(Oc5[c-]c(-n6[c-][n+](-c7c(-c8c([2H])c([2H])c([2H])c([2H])c8[2H])cccc7-c7c([2H])c([2H])c([2H])c([2H])c7[2H])c7ccccc76)ccc5)ccc4c4ccccc43)cc2CC(C)C)c([2H])c1[2H].[Pt]. The van der Waals surface area contributed by atoms with E-state index in [0.29, 0.717) is 45.8 Å². The second kappa shape index (κ2) is 17.4. The van der Waals surface area contributed by atoms with Crippen LogP contribution in [0.1, 0.15) is 40.0 Å². The van der Waals surface area contributed by atoms with Crippen LogP contribution >= 0.6 is 0 Å². The van der Waals surface area contributed by atoms with Gasteiger partial charge in [0.15, 0.2) is 0 Å². The van der Waals surface area contributed by atoms with Crippen LogP contribution in [-0.2, 0) is 27.5 Å². The minimum Gasteiger partial charge on any atom is -0.510 e. The molecule has 6 heteroatoms. The number of ether oxygens (including phenoxy) is 1. The molecule has 0 atom stereocenters. The predicted molar refractivity (Wildman–Crippen MR) is 255 cm³/mol. The zero-order valence-electron chi connectivity index (χ0n) is 49.2. The second-order valence-corrected chi connectivity index (χ2v) is 15.2. The zero-order valence-corrected chi connectivity index (χ0v) is 36.5. The van der Waals surface area contributed by atoms with Crippen molar-refractivity contribution < 1.29 is 50.9 Å². The molecule has 0 aliphatic heterocycles. The Hall–Kier alpha value is -7.33. The maximum Gasteiger partial charge on any atom is 0.268 e. The Labute approximate surface area is 408 Å². The van der Waals surface area contributed by atoms with Crippen molar-refractivity contribution in [2.75, 3.05) is 0 Å². The van der Waals surface area contributed by atoms with Crippen molar-refractivity contribution >= 4 is 32.8 Å².